The van der Waals surface area contributed by atoms with Crippen LogP contribution in [0.2, 0.25) is 0 Å². The summed E-state index contributed by atoms with van der Waals surface area (Å²) in [6.45, 7) is 2.73. The standard InChI is InChI=1S/C30H35NO6/c1-18(32)36-25-13-9-20-16-24-23-12-8-21(29-30(23,14-15-31-24)27(20)28(25)37-29)17-35-26(33)5-3-4-19-6-10-22(34-2)11-7-19/h6-7,9-11,13,21,23-24,29,31H,3-5,8,12,14-17H2,1-2H3/t21-,23+,24-,29+,30+/m1/s1. The van der Waals surface area contributed by atoms with Crippen LogP contribution in [0.4, 0.5) is 0 Å². The van der Waals surface area contributed by atoms with Crippen molar-refractivity contribution in [3.8, 4) is 17.2 Å². The van der Waals surface area contributed by atoms with Gasteiger partial charge in [-0.25, -0.2) is 0 Å². The molecule has 2 aromatic rings. The zero-order valence-corrected chi connectivity index (χ0v) is 21.6. The molecule has 2 heterocycles. The van der Waals surface area contributed by atoms with Crippen LogP contribution in [-0.2, 0) is 32.6 Å². The average molecular weight is 506 g/mol. The Bertz CT molecular complexity index is 1190. The summed E-state index contributed by atoms with van der Waals surface area (Å²) in [4.78, 5) is 24.5. The van der Waals surface area contributed by atoms with Crippen LogP contribution >= 0.6 is 0 Å². The summed E-state index contributed by atoms with van der Waals surface area (Å²) in [5, 5.41) is 3.75. The molecule has 37 heavy (non-hydrogen) atoms. The molecule has 2 bridgehead atoms. The van der Waals surface area contributed by atoms with Gasteiger partial charge in [-0.3, -0.25) is 9.59 Å². The van der Waals surface area contributed by atoms with Crippen LogP contribution in [0.5, 0.6) is 17.2 Å². The van der Waals surface area contributed by atoms with E-state index in [9.17, 15) is 9.59 Å². The first-order valence-electron chi connectivity index (χ1n) is 13.5. The molecular weight excluding hydrogens is 470 g/mol. The zero-order valence-electron chi connectivity index (χ0n) is 21.6. The summed E-state index contributed by atoms with van der Waals surface area (Å²) < 4.78 is 23.3. The van der Waals surface area contributed by atoms with Crippen LogP contribution < -0.4 is 19.5 Å². The molecule has 0 unspecified atom stereocenters. The maximum absolute atomic E-state index is 12.7. The number of benzene rings is 2. The predicted octanol–water partition coefficient (Wildman–Crippen LogP) is 4.13. The smallest absolute Gasteiger partial charge is 0.308 e. The molecule has 196 valence electrons. The monoisotopic (exact) mass is 505 g/mol. The van der Waals surface area contributed by atoms with Gasteiger partial charge in [-0.1, -0.05) is 18.2 Å². The number of carbonyl (C=O) groups is 2. The summed E-state index contributed by atoms with van der Waals surface area (Å²) in [6.07, 6.45) is 5.88. The third-order valence-corrected chi connectivity index (χ3v) is 8.95. The number of carbonyl (C=O) groups excluding carboxylic acids is 2. The molecule has 6 rings (SSSR count). The minimum Gasteiger partial charge on any atom is -0.497 e. The van der Waals surface area contributed by atoms with Crippen molar-refractivity contribution in [2.75, 3.05) is 20.3 Å². The number of ether oxygens (including phenoxy) is 4. The third kappa shape index (κ3) is 4.17. The lowest BCUT2D eigenvalue weighted by atomic mass is 9.50. The van der Waals surface area contributed by atoms with E-state index in [2.05, 4.69) is 11.4 Å². The fraction of sp³-hybridized carbons (Fsp3) is 0.533. The van der Waals surface area contributed by atoms with Crippen LogP contribution in [0, 0.1) is 11.8 Å². The van der Waals surface area contributed by atoms with Crippen molar-refractivity contribution in [2.45, 2.75) is 69.4 Å². The molecule has 0 amide bonds. The predicted molar refractivity (Wildman–Crippen MR) is 137 cm³/mol. The summed E-state index contributed by atoms with van der Waals surface area (Å²) in [5.41, 5.74) is 3.60. The van der Waals surface area contributed by atoms with Gasteiger partial charge in [0.25, 0.3) is 0 Å². The van der Waals surface area contributed by atoms with Crippen molar-refractivity contribution in [1.29, 1.82) is 0 Å². The number of aryl methyl sites for hydroxylation is 1. The Hall–Kier alpha value is -3.06. The number of piperidine rings is 1. The number of esters is 2. The number of hydrogen-bond acceptors (Lipinski definition) is 7. The largest absolute Gasteiger partial charge is 0.497 e. The molecule has 7 heteroatoms. The second-order valence-corrected chi connectivity index (χ2v) is 10.9. The third-order valence-electron chi connectivity index (χ3n) is 8.95. The van der Waals surface area contributed by atoms with Gasteiger partial charge in [-0.2, -0.15) is 0 Å². The quantitative estimate of drug-likeness (QED) is 0.427. The van der Waals surface area contributed by atoms with E-state index in [1.54, 1.807) is 7.11 Å². The highest BCUT2D eigenvalue weighted by Crippen LogP contribution is 2.63. The highest BCUT2D eigenvalue weighted by atomic mass is 16.6. The summed E-state index contributed by atoms with van der Waals surface area (Å²) in [7, 11) is 1.65. The SMILES string of the molecule is COc1ccc(CCCC(=O)OC[C@H]2CC[C@H]3[C@H]4Cc5ccc(OC(C)=O)c6c5[C@@]3(CCN4)[C@H]2O6)cc1. The summed E-state index contributed by atoms with van der Waals surface area (Å²) >= 11 is 0. The fourth-order valence-electron chi connectivity index (χ4n) is 7.47. The van der Waals surface area contributed by atoms with Crippen LogP contribution in [0.1, 0.15) is 55.7 Å². The van der Waals surface area contributed by atoms with E-state index in [-0.39, 0.29) is 29.4 Å². The first-order chi connectivity index (χ1) is 18.0. The second-order valence-electron chi connectivity index (χ2n) is 10.9. The van der Waals surface area contributed by atoms with Crippen LogP contribution in [0.15, 0.2) is 36.4 Å². The van der Waals surface area contributed by atoms with Crippen molar-refractivity contribution >= 4 is 11.9 Å². The lowest BCUT2D eigenvalue weighted by Gasteiger charge is -2.56. The van der Waals surface area contributed by atoms with Crippen molar-refractivity contribution < 1.29 is 28.5 Å². The molecular formula is C30H35NO6. The molecule has 1 saturated carbocycles. The van der Waals surface area contributed by atoms with Crippen molar-refractivity contribution in [3.63, 3.8) is 0 Å². The number of nitrogens with one attached hydrogen (secondary N) is 1. The Balaban J connectivity index is 1.14. The molecule has 2 aromatic carbocycles. The van der Waals surface area contributed by atoms with Gasteiger partial charge in [0, 0.05) is 36.3 Å². The molecule has 0 aromatic heterocycles. The number of hydrogen-bond donors (Lipinski definition) is 1. The van der Waals surface area contributed by atoms with E-state index in [1.165, 1.54) is 23.6 Å². The van der Waals surface area contributed by atoms with Crippen molar-refractivity contribution in [1.82, 2.24) is 5.32 Å². The second kappa shape index (κ2) is 9.67. The van der Waals surface area contributed by atoms with Crippen LogP contribution in [0.25, 0.3) is 0 Å². The molecule has 4 aliphatic rings. The number of rotatable bonds is 8. The highest BCUT2D eigenvalue weighted by molar-refractivity contribution is 5.72. The topological polar surface area (TPSA) is 83.1 Å². The van der Waals surface area contributed by atoms with Crippen molar-refractivity contribution in [2.24, 2.45) is 11.8 Å². The van der Waals surface area contributed by atoms with Gasteiger partial charge >= 0.3 is 11.9 Å². The van der Waals surface area contributed by atoms with E-state index < -0.39 is 0 Å². The fourth-order valence-corrected chi connectivity index (χ4v) is 7.47. The lowest BCUT2D eigenvalue weighted by molar-refractivity contribution is -0.148. The molecule has 1 spiro atoms. The maximum Gasteiger partial charge on any atom is 0.308 e. The first-order valence-corrected chi connectivity index (χ1v) is 13.5. The van der Waals surface area contributed by atoms with E-state index in [0.29, 0.717) is 30.7 Å². The van der Waals surface area contributed by atoms with E-state index in [1.807, 2.05) is 30.3 Å². The minimum atomic E-state index is -0.345. The normalized spacial score (nSPS) is 28.6. The molecule has 1 saturated heterocycles. The molecule has 2 aliphatic heterocycles. The summed E-state index contributed by atoms with van der Waals surface area (Å²) in [5.74, 6) is 2.17. The van der Waals surface area contributed by atoms with Gasteiger partial charge < -0.3 is 24.3 Å². The minimum absolute atomic E-state index is 0.0753. The van der Waals surface area contributed by atoms with Crippen LogP contribution in [0.3, 0.4) is 0 Å². The maximum atomic E-state index is 12.7. The van der Waals surface area contributed by atoms with E-state index >= 15 is 0 Å². The highest BCUT2D eigenvalue weighted by Gasteiger charge is 2.64. The van der Waals surface area contributed by atoms with Gasteiger partial charge in [0.1, 0.15) is 11.9 Å². The Morgan fingerprint density at radius 1 is 1.14 bits per heavy atom. The molecule has 2 aliphatic carbocycles. The number of methoxy groups -OCH3 is 1. The van der Waals surface area contributed by atoms with Crippen molar-refractivity contribution in [3.05, 3.63) is 53.1 Å². The molecule has 5 atom stereocenters. The molecule has 2 fully saturated rings. The Morgan fingerprint density at radius 3 is 2.76 bits per heavy atom. The van der Waals surface area contributed by atoms with Gasteiger partial charge in [0.2, 0.25) is 0 Å². The van der Waals surface area contributed by atoms with Gasteiger partial charge in [0.15, 0.2) is 11.5 Å². The Kier molecular flexibility index (Phi) is 6.35. The van der Waals surface area contributed by atoms with Gasteiger partial charge in [-0.05, 0) is 80.3 Å². The van der Waals surface area contributed by atoms with Crippen LogP contribution in [-0.4, -0.2) is 44.3 Å². The van der Waals surface area contributed by atoms with E-state index in [4.69, 9.17) is 18.9 Å². The Labute approximate surface area is 217 Å². The van der Waals surface area contributed by atoms with Gasteiger partial charge in [-0.15, -0.1) is 0 Å². The summed E-state index contributed by atoms with van der Waals surface area (Å²) in [6, 6.07) is 12.4. The first kappa shape index (κ1) is 24.3. The van der Waals surface area contributed by atoms with Gasteiger partial charge in [0.05, 0.1) is 13.7 Å². The zero-order chi connectivity index (χ0) is 25.6. The Morgan fingerprint density at radius 2 is 1.97 bits per heavy atom. The lowest BCUT2D eigenvalue weighted by Crippen LogP contribution is -2.65. The molecule has 0 radical (unpaired) electrons. The average Bonchev–Trinajstić information content (AvgIpc) is 3.23. The molecule has 1 N–H and O–H groups in total. The molecule has 7 nitrogen and oxygen atoms in total. The van der Waals surface area contributed by atoms with E-state index in [0.717, 1.165) is 56.6 Å².